The number of ether oxygens (including phenoxy) is 3. The molecule has 124 valence electrons. The molecule has 2 aromatic rings. The van der Waals surface area contributed by atoms with Gasteiger partial charge in [-0.25, -0.2) is 0 Å². The minimum Gasteiger partial charge on any atom is -0.504 e. The van der Waals surface area contributed by atoms with Gasteiger partial charge in [0.05, 0.1) is 7.11 Å². The monoisotopic (exact) mass is 325 g/mol. The zero-order valence-electron chi connectivity index (χ0n) is 13.5. The lowest BCUT2D eigenvalue weighted by atomic mass is 9.83. The zero-order chi connectivity index (χ0) is 16.3. The number of methoxy groups -OCH3 is 1. The van der Waals surface area contributed by atoms with Gasteiger partial charge in [-0.3, -0.25) is 4.90 Å². The van der Waals surface area contributed by atoms with E-state index in [-0.39, 0.29) is 11.8 Å². The highest BCUT2D eigenvalue weighted by Crippen LogP contribution is 2.47. The third-order valence-electron chi connectivity index (χ3n) is 5.41. The number of hydrogen-bond acceptors (Lipinski definition) is 5. The number of aromatic hydroxyl groups is 1. The molecule has 0 saturated heterocycles. The van der Waals surface area contributed by atoms with Crippen molar-refractivity contribution in [2.45, 2.75) is 25.4 Å². The predicted molar refractivity (Wildman–Crippen MR) is 87.8 cm³/mol. The molecule has 5 heteroatoms. The molecule has 0 bridgehead atoms. The van der Waals surface area contributed by atoms with Crippen LogP contribution in [0.4, 0.5) is 0 Å². The fourth-order valence-corrected chi connectivity index (χ4v) is 4.20. The van der Waals surface area contributed by atoms with E-state index < -0.39 is 0 Å². The Balaban J connectivity index is 1.60. The molecule has 0 aliphatic carbocycles. The van der Waals surface area contributed by atoms with Gasteiger partial charge in [0, 0.05) is 24.7 Å². The van der Waals surface area contributed by atoms with E-state index in [4.69, 9.17) is 14.2 Å². The molecule has 3 heterocycles. The second kappa shape index (κ2) is 5.05. The van der Waals surface area contributed by atoms with E-state index in [2.05, 4.69) is 23.1 Å². The molecule has 5 nitrogen and oxygen atoms in total. The second-order valence-electron chi connectivity index (χ2n) is 6.60. The normalized spacial score (nSPS) is 21.0. The van der Waals surface area contributed by atoms with Gasteiger partial charge in [0.2, 0.25) is 6.79 Å². The number of rotatable bonds is 1. The molecule has 0 radical (unpaired) electrons. The van der Waals surface area contributed by atoms with Crippen molar-refractivity contribution in [2.24, 2.45) is 0 Å². The molecular formula is C19H19NO4. The van der Waals surface area contributed by atoms with Crippen LogP contribution in [0.5, 0.6) is 23.0 Å². The average Bonchev–Trinajstić information content (AvgIpc) is 3.05. The first-order valence-corrected chi connectivity index (χ1v) is 8.29. The summed E-state index contributed by atoms with van der Waals surface area (Å²) in [5.74, 6) is 2.50. The smallest absolute Gasteiger partial charge is 0.231 e. The van der Waals surface area contributed by atoms with E-state index in [0.29, 0.717) is 12.5 Å². The molecule has 24 heavy (non-hydrogen) atoms. The van der Waals surface area contributed by atoms with Gasteiger partial charge >= 0.3 is 0 Å². The van der Waals surface area contributed by atoms with Gasteiger partial charge in [-0.15, -0.1) is 0 Å². The average molecular weight is 325 g/mol. The summed E-state index contributed by atoms with van der Waals surface area (Å²) < 4.78 is 16.3. The standard InChI is InChI=1S/C19H19NO4/c1-22-15-3-2-11-4-5-20-9-13-8-17-16(23-10-24-17)7-12(13)6-14(20)18(11)19(15)21/h2-3,7-8,14,21H,4-6,9-10H2,1H3. The Morgan fingerprint density at radius 2 is 1.92 bits per heavy atom. The summed E-state index contributed by atoms with van der Waals surface area (Å²) >= 11 is 0. The molecule has 1 atom stereocenters. The Labute approximate surface area is 140 Å². The van der Waals surface area contributed by atoms with Crippen LogP contribution in [-0.4, -0.2) is 30.5 Å². The topological polar surface area (TPSA) is 51.2 Å². The van der Waals surface area contributed by atoms with Gasteiger partial charge in [0.15, 0.2) is 23.0 Å². The third kappa shape index (κ3) is 1.91. The number of benzene rings is 2. The molecule has 0 spiro atoms. The molecule has 0 amide bonds. The van der Waals surface area contributed by atoms with Crippen LogP contribution in [0.3, 0.4) is 0 Å². The minimum absolute atomic E-state index is 0.178. The summed E-state index contributed by atoms with van der Waals surface area (Å²) in [5.41, 5.74) is 4.81. The van der Waals surface area contributed by atoms with Crippen LogP contribution in [0.15, 0.2) is 24.3 Å². The number of nitrogens with zero attached hydrogens (tertiary/aromatic N) is 1. The Hall–Kier alpha value is -2.40. The van der Waals surface area contributed by atoms with Crippen molar-refractivity contribution in [2.75, 3.05) is 20.4 Å². The van der Waals surface area contributed by atoms with Gasteiger partial charge in [-0.1, -0.05) is 6.07 Å². The van der Waals surface area contributed by atoms with Crippen LogP contribution in [0.2, 0.25) is 0 Å². The number of fused-ring (bicyclic) bond motifs is 5. The number of hydrogen-bond donors (Lipinski definition) is 1. The van der Waals surface area contributed by atoms with Crippen molar-refractivity contribution in [3.63, 3.8) is 0 Å². The Morgan fingerprint density at radius 1 is 1.12 bits per heavy atom. The zero-order valence-corrected chi connectivity index (χ0v) is 13.5. The van der Waals surface area contributed by atoms with Crippen molar-refractivity contribution >= 4 is 0 Å². The highest BCUT2D eigenvalue weighted by atomic mass is 16.7. The van der Waals surface area contributed by atoms with Gasteiger partial charge in [0.1, 0.15) is 0 Å². The molecule has 1 N–H and O–H groups in total. The van der Waals surface area contributed by atoms with Crippen LogP contribution in [-0.2, 0) is 19.4 Å². The van der Waals surface area contributed by atoms with E-state index >= 15 is 0 Å². The lowest BCUT2D eigenvalue weighted by molar-refractivity contribution is 0.156. The Kier molecular flexibility index (Phi) is 2.94. The van der Waals surface area contributed by atoms with E-state index in [1.807, 2.05) is 6.07 Å². The summed E-state index contributed by atoms with van der Waals surface area (Å²) in [6.07, 6.45) is 1.81. The minimum atomic E-state index is 0.178. The first-order valence-electron chi connectivity index (χ1n) is 8.29. The lowest BCUT2D eigenvalue weighted by Crippen LogP contribution is -2.39. The van der Waals surface area contributed by atoms with E-state index in [9.17, 15) is 5.11 Å². The maximum absolute atomic E-state index is 10.7. The summed E-state index contributed by atoms with van der Waals surface area (Å²) in [6, 6.07) is 8.32. The second-order valence-corrected chi connectivity index (χ2v) is 6.60. The van der Waals surface area contributed by atoms with Crippen LogP contribution in [0, 0.1) is 0 Å². The van der Waals surface area contributed by atoms with E-state index in [0.717, 1.165) is 43.0 Å². The highest BCUT2D eigenvalue weighted by Gasteiger charge is 2.35. The third-order valence-corrected chi connectivity index (χ3v) is 5.41. The summed E-state index contributed by atoms with van der Waals surface area (Å²) in [7, 11) is 1.60. The van der Waals surface area contributed by atoms with Crippen LogP contribution in [0.25, 0.3) is 0 Å². The van der Waals surface area contributed by atoms with Crippen LogP contribution in [0.1, 0.15) is 28.3 Å². The molecule has 2 aromatic carbocycles. The SMILES string of the molecule is COc1ccc2c(c1O)C1Cc3cc4c(cc3CN1CC2)OCO4. The summed E-state index contributed by atoms with van der Waals surface area (Å²) in [6.45, 7) is 2.16. The molecule has 0 fully saturated rings. The lowest BCUT2D eigenvalue weighted by Gasteiger charge is -2.41. The number of phenolic OH excluding ortho intramolecular Hbond substituents is 1. The summed E-state index contributed by atoms with van der Waals surface area (Å²) in [4.78, 5) is 2.44. The van der Waals surface area contributed by atoms with Crippen molar-refractivity contribution in [3.05, 3.63) is 46.5 Å². The highest BCUT2D eigenvalue weighted by molar-refractivity contribution is 5.55. The van der Waals surface area contributed by atoms with Gasteiger partial charge in [0.25, 0.3) is 0 Å². The maximum atomic E-state index is 10.7. The molecule has 0 saturated carbocycles. The molecule has 5 rings (SSSR count). The first-order chi connectivity index (χ1) is 11.7. The Bertz CT molecular complexity index is 833. The maximum Gasteiger partial charge on any atom is 0.231 e. The molecule has 0 aromatic heterocycles. The predicted octanol–water partition coefficient (Wildman–Crippen LogP) is 2.79. The van der Waals surface area contributed by atoms with E-state index in [1.54, 1.807) is 7.11 Å². The van der Waals surface area contributed by atoms with Crippen molar-refractivity contribution < 1.29 is 19.3 Å². The van der Waals surface area contributed by atoms with Crippen molar-refractivity contribution in [3.8, 4) is 23.0 Å². The van der Waals surface area contributed by atoms with Crippen molar-refractivity contribution in [1.82, 2.24) is 4.90 Å². The molecule has 3 aliphatic rings. The van der Waals surface area contributed by atoms with Gasteiger partial charge < -0.3 is 19.3 Å². The van der Waals surface area contributed by atoms with Crippen LogP contribution >= 0.6 is 0 Å². The summed E-state index contributed by atoms with van der Waals surface area (Å²) in [5, 5.41) is 10.7. The largest absolute Gasteiger partial charge is 0.504 e. The quantitative estimate of drug-likeness (QED) is 0.874. The molecule has 1 unspecified atom stereocenters. The fourth-order valence-electron chi connectivity index (χ4n) is 4.20. The first kappa shape index (κ1) is 14.0. The van der Waals surface area contributed by atoms with E-state index in [1.165, 1.54) is 16.7 Å². The van der Waals surface area contributed by atoms with Crippen molar-refractivity contribution in [1.29, 1.82) is 0 Å². The molecule has 3 aliphatic heterocycles. The van der Waals surface area contributed by atoms with Gasteiger partial charge in [-0.05, 0) is 47.7 Å². The molecular weight excluding hydrogens is 306 g/mol. The number of phenols is 1. The van der Waals surface area contributed by atoms with Crippen LogP contribution < -0.4 is 14.2 Å². The van der Waals surface area contributed by atoms with Gasteiger partial charge in [-0.2, -0.15) is 0 Å². The Morgan fingerprint density at radius 3 is 2.71 bits per heavy atom. The fraction of sp³-hybridized carbons (Fsp3) is 0.368.